The van der Waals surface area contributed by atoms with Crippen molar-refractivity contribution in [3.8, 4) is 5.75 Å². The number of guanidine groups is 1. The number of aryl methyl sites for hydroxylation is 1. The van der Waals surface area contributed by atoms with Gasteiger partial charge >= 0.3 is 0 Å². The lowest BCUT2D eigenvalue weighted by Crippen LogP contribution is -2.53. The topological polar surface area (TPSA) is 52.1 Å². The van der Waals surface area contributed by atoms with Gasteiger partial charge in [0, 0.05) is 50.9 Å². The van der Waals surface area contributed by atoms with Crippen LogP contribution in [0.25, 0.3) is 0 Å². The van der Waals surface area contributed by atoms with E-state index < -0.39 is 0 Å². The molecule has 1 unspecified atom stereocenters. The number of benzene rings is 1. The highest BCUT2D eigenvalue weighted by Gasteiger charge is 2.22. The molecule has 1 aliphatic heterocycles. The predicted molar refractivity (Wildman–Crippen MR) is 141 cm³/mol. The summed E-state index contributed by atoms with van der Waals surface area (Å²) in [5, 5.41) is 6.94. The third-order valence-corrected chi connectivity index (χ3v) is 6.19. The van der Waals surface area contributed by atoms with E-state index in [0.29, 0.717) is 12.6 Å². The molecule has 7 heteroatoms. The fourth-order valence-corrected chi connectivity index (χ4v) is 3.82. The van der Waals surface area contributed by atoms with Crippen molar-refractivity contribution in [2.45, 2.75) is 53.1 Å². The van der Waals surface area contributed by atoms with Gasteiger partial charge in [0.15, 0.2) is 5.96 Å². The van der Waals surface area contributed by atoms with Crippen LogP contribution in [0.5, 0.6) is 5.75 Å². The molecule has 1 atom stereocenters. The molecule has 176 valence electrons. The van der Waals surface area contributed by atoms with Crippen molar-refractivity contribution in [1.82, 2.24) is 20.4 Å². The summed E-state index contributed by atoms with van der Waals surface area (Å²) in [5.41, 5.74) is 2.39. The zero-order chi connectivity index (χ0) is 21.3. The Labute approximate surface area is 206 Å². The lowest BCUT2D eigenvalue weighted by Gasteiger charge is -2.37. The normalized spacial score (nSPS) is 18.9. The van der Waals surface area contributed by atoms with Crippen LogP contribution in [0.2, 0.25) is 0 Å². The van der Waals surface area contributed by atoms with E-state index in [1.54, 1.807) is 0 Å². The molecule has 1 saturated heterocycles. The Hall–Kier alpha value is -1.06. The average Bonchev–Trinajstić information content (AvgIpc) is 3.59. The summed E-state index contributed by atoms with van der Waals surface area (Å²) in [6.07, 6.45) is 2.61. The van der Waals surface area contributed by atoms with Crippen molar-refractivity contribution in [2.75, 3.05) is 52.4 Å². The van der Waals surface area contributed by atoms with Gasteiger partial charge in [0.2, 0.25) is 0 Å². The third-order valence-electron chi connectivity index (χ3n) is 6.19. The molecule has 1 aromatic rings. The first kappa shape index (κ1) is 26.2. The molecule has 1 heterocycles. The Balaban J connectivity index is 0.00000341. The summed E-state index contributed by atoms with van der Waals surface area (Å²) in [6.45, 7) is 17.8. The highest BCUT2D eigenvalue weighted by molar-refractivity contribution is 14.0. The van der Waals surface area contributed by atoms with E-state index >= 15 is 0 Å². The van der Waals surface area contributed by atoms with E-state index in [1.165, 1.54) is 31.5 Å². The van der Waals surface area contributed by atoms with Crippen LogP contribution in [0.4, 0.5) is 0 Å². The van der Waals surface area contributed by atoms with Crippen LogP contribution in [-0.2, 0) is 6.54 Å². The molecule has 31 heavy (non-hydrogen) atoms. The number of halogens is 1. The molecular formula is C24H42IN5O. The molecule has 1 aliphatic carbocycles. The first-order chi connectivity index (χ1) is 14.6. The second-order valence-electron chi connectivity index (χ2n) is 8.76. The summed E-state index contributed by atoms with van der Waals surface area (Å²) in [7, 11) is 0. The van der Waals surface area contributed by atoms with E-state index in [9.17, 15) is 0 Å². The van der Waals surface area contributed by atoms with Gasteiger partial charge in [-0.25, -0.2) is 4.99 Å². The fourth-order valence-electron chi connectivity index (χ4n) is 3.82. The van der Waals surface area contributed by atoms with Crippen LogP contribution in [0.3, 0.4) is 0 Å². The Morgan fingerprint density at radius 2 is 1.90 bits per heavy atom. The molecule has 2 aliphatic rings. The molecule has 0 spiro atoms. The van der Waals surface area contributed by atoms with Crippen molar-refractivity contribution < 1.29 is 4.74 Å². The van der Waals surface area contributed by atoms with Crippen LogP contribution in [0.15, 0.2) is 23.2 Å². The van der Waals surface area contributed by atoms with Crippen molar-refractivity contribution in [2.24, 2.45) is 10.9 Å². The quantitative estimate of drug-likeness (QED) is 0.269. The van der Waals surface area contributed by atoms with Gasteiger partial charge in [-0.3, -0.25) is 4.90 Å². The minimum Gasteiger partial charge on any atom is -0.493 e. The predicted octanol–water partition coefficient (Wildman–Crippen LogP) is 3.48. The lowest BCUT2D eigenvalue weighted by atomic mass is 10.1. The summed E-state index contributed by atoms with van der Waals surface area (Å²) in [6, 6.07) is 6.93. The van der Waals surface area contributed by atoms with Gasteiger partial charge in [0.25, 0.3) is 0 Å². The zero-order valence-electron chi connectivity index (χ0n) is 19.8. The second kappa shape index (κ2) is 13.5. The van der Waals surface area contributed by atoms with Gasteiger partial charge < -0.3 is 20.3 Å². The van der Waals surface area contributed by atoms with Gasteiger partial charge in [-0.1, -0.05) is 19.1 Å². The van der Waals surface area contributed by atoms with E-state index in [-0.39, 0.29) is 24.0 Å². The van der Waals surface area contributed by atoms with Gasteiger partial charge in [-0.2, -0.15) is 0 Å². The van der Waals surface area contributed by atoms with E-state index in [1.807, 2.05) is 0 Å². The zero-order valence-corrected chi connectivity index (χ0v) is 22.2. The first-order valence-corrected chi connectivity index (χ1v) is 11.8. The highest BCUT2D eigenvalue weighted by Crippen LogP contribution is 2.30. The Morgan fingerprint density at radius 3 is 2.55 bits per heavy atom. The first-order valence-electron chi connectivity index (χ1n) is 11.8. The molecular weight excluding hydrogens is 501 g/mol. The summed E-state index contributed by atoms with van der Waals surface area (Å²) >= 11 is 0. The monoisotopic (exact) mass is 543 g/mol. The van der Waals surface area contributed by atoms with Crippen molar-refractivity contribution >= 4 is 29.9 Å². The molecule has 0 bridgehead atoms. The maximum atomic E-state index is 6.11. The van der Waals surface area contributed by atoms with Gasteiger partial charge in [-0.05, 0) is 57.7 Å². The molecule has 0 amide bonds. The molecule has 1 saturated carbocycles. The van der Waals surface area contributed by atoms with Crippen LogP contribution in [0.1, 0.15) is 44.7 Å². The summed E-state index contributed by atoms with van der Waals surface area (Å²) < 4.78 is 6.11. The highest BCUT2D eigenvalue weighted by atomic mass is 127. The second-order valence-corrected chi connectivity index (χ2v) is 8.76. The van der Waals surface area contributed by atoms with Crippen molar-refractivity contribution in [1.29, 1.82) is 0 Å². The Morgan fingerprint density at radius 1 is 1.16 bits per heavy atom. The van der Waals surface area contributed by atoms with E-state index in [0.717, 1.165) is 62.5 Å². The third kappa shape index (κ3) is 8.77. The fraction of sp³-hybridized carbons (Fsp3) is 0.708. The average molecular weight is 544 g/mol. The van der Waals surface area contributed by atoms with Crippen LogP contribution in [-0.4, -0.2) is 74.2 Å². The molecule has 6 nitrogen and oxygen atoms in total. The number of nitrogens with one attached hydrogen (secondary N) is 2. The number of hydrogen-bond donors (Lipinski definition) is 2. The summed E-state index contributed by atoms with van der Waals surface area (Å²) in [5.74, 6) is 2.62. The molecule has 0 radical (unpaired) electrons. The van der Waals surface area contributed by atoms with Crippen molar-refractivity contribution in [3.63, 3.8) is 0 Å². The van der Waals surface area contributed by atoms with Crippen LogP contribution >= 0.6 is 24.0 Å². The van der Waals surface area contributed by atoms with E-state index in [2.05, 4.69) is 66.3 Å². The Kier molecular flexibility index (Phi) is 11.4. The van der Waals surface area contributed by atoms with Crippen LogP contribution in [0, 0.1) is 12.8 Å². The number of likely N-dealkylation sites (N-methyl/N-ethyl adjacent to an activating group) is 1. The number of piperazine rings is 1. The van der Waals surface area contributed by atoms with Gasteiger partial charge in [0.1, 0.15) is 5.75 Å². The SMILES string of the molecule is CCNC(=NCc1ccc(C)cc1OCC1CC1)NCC(C)N1CCN(CC)CC1.I. The number of rotatable bonds is 10. The van der Waals surface area contributed by atoms with Crippen LogP contribution < -0.4 is 15.4 Å². The molecule has 3 rings (SSSR count). The van der Waals surface area contributed by atoms with Crippen molar-refractivity contribution in [3.05, 3.63) is 29.3 Å². The van der Waals surface area contributed by atoms with Gasteiger partial charge in [0.05, 0.1) is 13.2 Å². The number of aliphatic imine (C=N–C) groups is 1. The Bertz CT molecular complexity index is 687. The van der Waals surface area contributed by atoms with E-state index in [4.69, 9.17) is 9.73 Å². The smallest absolute Gasteiger partial charge is 0.191 e. The largest absolute Gasteiger partial charge is 0.493 e. The molecule has 1 aromatic carbocycles. The molecule has 0 aromatic heterocycles. The minimum atomic E-state index is 0. The lowest BCUT2D eigenvalue weighted by molar-refractivity contribution is 0.107. The standard InChI is InChI=1S/C24H41N5O.HI/c1-5-25-24(26-16-20(4)29-13-11-28(6-2)12-14-29)27-17-22-10-7-19(3)15-23(22)30-18-21-8-9-21;/h7,10,15,20-21H,5-6,8-9,11-14,16-18H2,1-4H3,(H2,25,26,27);1H. The number of nitrogens with zero attached hydrogens (tertiary/aromatic N) is 3. The summed E-state index contributed by atoms with van der Waals surface area (Å²) in [4.78, 5) is 9.94. The number of hydrogen-bond acceptors (Lipinski definition) is 4. The number of ether oxygens (including phenoxy) is 1. The molecule has 2 N–H and O–H groups in total. The minimum absolute atomic E-state index is 0. The van der Waals surface area contributed by atoms with Gasteiger partial charge in [-0.15, -0.1) is 24.0 Å². The molecule has 2 fully saturated rings. The maximum Gasteiger partial charge on any atom is 0.191 e. The maximum absolute atomic E-state index is 6.11.